The Bertz CT molecular complexity index is 589. The average molecular weight is 339 g/mol. The zero-order valence-corrected chi connectivity index (χ0v) is 14.4. The highest BCUT2D eigenvalue weighted by Gasteiger charge is 2.29. The summed E-state index contributed by atoms with van der Waals surface area (Å²) in [4.78, 5) is 23.7. The zero-order chi connectivity index (χ0) is 17.0. The Morgan fingerprint density at radius 3 is 2.78 bits per heavy atom. The smallest absolute Gasteiger partial charge is 0.243 e. The Morgan fingerprint density at radius 1 is 1.48 bits per heavy atom. The van der Waals surface area contributed by atoms with Gasteiger partial charge in [0.15, 0.2) is 0 Å². The van der Waals surface area contributed by atoms with Crippen LogP contribution in [0.5, 0.6) is 5.75 Å². The van der Waals surface area contributed by atoms with Gasteiger partial charge >= 0.3 is 0 Å². The van der Waals surface area contributed by atoms with Crippen molar-refractivity contribution in [3.05, 3.63) is 28.8 Å². The fraction of sp³-hybridized carbons (Fsp3) is 0.529. The van der Waals surface area contributed by atoms with Crippen molar-refractivity contribution >= 4 is 23.4 Å². The van der Waals surface area contributed by atoms with E-state index in [2.05, 4.69) is 24.5 Å². The predicted molar refractivity (Wildman–Crippen MR) is 89.5 cm³/mol. The second-order valence-electron chi connectivity index (χ2n) is 6.24. The van der Waals surface area contributed by atoms with Crippen LogP contribution in [-0.2, 0) is 9.59 Å². The van der Waals surface area contributed by atoms with Gasteiger partial charge in [-0.25, -0.2) is 0 Å². The van der Waals surface area contributed by atoms with Crippen molar-refractivity contribution in [1.29, 1.82) is 0 Å². The second kappa shape index (κ2) is 7.68. The summed E-state index contributed by atoms with van der Waals surface area (Å²) in [5, 5.41) is 6.33. The first-order valence-electron chi connectivity index (χ1n) is 7.84. The molecule has 0 spiro atoms. The minimum Gasteiger partial charge on any atom is -0.496 e. The van der Waals surface area contributed by atoms with Crippen molar-refractivity contribution in [2.45, 2.75) is 45.2 Å². The number of rotatable bonds is 6. The van der Waals surface area contributed by atoms with Crippen LogP contribution < -0.4 is 15.4 Å². The van der Waals surface area contributed by atoms with Gasteiger partial charge in [0.25, 0.3) is 0 Å². The summed E-state index contributed by atoms with van der Waals surface area (Å²) in [7, 11) is 1.60. The number of methoxy groups -OCH3 is 1. The van der Waals surface area contributed by atoms with Crippen LogP contribution in [-0.4, -0.2) is 25.0 Å². The molecule has 0 saturated carbocycles. The summed E-state index contributed by atoms with van der Waals surface area (Å²) in [5.74, 6) is 0.826. The van der Waals surface area contributed by atoms with Crippen LogP contribution >= 0.6 is 11.6 Å². The van der Waals surface area contributed by atoms with Gasteiger partial charge in [0.05, 0.1) is 13.2 Å². The maximum atomic E-state index is 12.4. The Morgan fingerprint density at radius 2 is 2.22 bits per heavy atom. The maximum Gasteiger partial charge on any atom is 0.243 e. The third-order valence-electron chi connectivity index (χ3n) is 3.90. The lowest BCUT2D eigenvalue weighted by atomic mass is 9.95. The molecular weight excluding hydrogens is 316 g/mol. The fourth-order valence-electron chi connectivity index (χ4n) is 2.80. The van der Waals surface area contributed by atoms with Gasteiger partial charge in [0.1, 0.15) is 11.8 Å². The molecule has 2 rings (SSSR count). The minimum absolute atomic E-state index is 0.0779. The fourth-order valence-corrected chi connectivity index (χ4v) is 2.98. The molecule has 0 unspecified atom stereocenters. The molecule has 126 valence electrons. The Balaban J connectivity index is 2.21. The van der Waals surface area contributed by atoms with Crippen molar-refractivity contribution in [2.24, 2.45) is 5.92 Å². The first-order chi connectivity index (χ1) is 10.9. The molecule has 2 amide bonds. The number of amides is 2. The molecule has 0 radical (unpaired) electrons. The monoisotopic (exact) mass is 338 g/mol. The molecule has 1 aliphatic rings. The van der Waals surface area contributed by atoms with E-state index in [0.717, 1.165) is 12.0 Å². The lowest BCUT2D eigenvalue weighted by Gasteiger charge is -2.24. The highest BCUT2D eigenvalue weighted by atomic mass is 35.5. The van der Waals surface area contributed by atoms with E-state index in [1.807, 2.05) is 6.07 Å². The second-order valence-corrected chi connectivity index (χ2v) is 6.67. The SMILES string of the molecule is COc1ccc(Cl)cc1[C@@H](CC(C)C)NC(=O)[C@@H]1CCC(=O)N1. The number of carbonyl (C=O) groups is 2. The third kappa shape index (κ3) is 4.61. The molecule has 1 heterocycles. The molecular formula is C17H23ClN2O3. The molecule has 23 heavy (non-hydrogen) atoms. The van der Waals surface area contributed by atoms with E-state index in [0.29, 0.717) is 29.5 Å². The van der Waals surface area contributed by atoms with E-state index in [1.165, 1.54) is 0 Å². The molecule has 5 nitrogen and oxygen atoms in total. The van der Waals surface area contributed by atoms with Gasteiger partial charge in [-0.1, -0.05) is 25.4 Å². The molecule has 2 N–H and O–H groups in total. The van der Waals surface area contributed by atoms with Crippen molar-refractivity contribution in [3.63, 3.8) is 0 Å². The van der Waals surface area contributed by atoms with E-state index in [4.69, 9.17) is 16.3 Å². The van der Waals surface area contributed by atoms with Crippen LogP contribution in [0.15, 0.2) is 18.2 Å². The van der Waals surface area contributed by atoms with Gasteiger partial charge in [-0.05, 0) is 37.0 Å². The summed E-state index contributed by atoms with van der Waals surface area (Å²) < 4.78 is 5.41. The van der Waals surface area contributed by atoms with Gasteiger partial charge < -0.3 is 15.4 Å². The van der Waals surface area contributed by atoms with E-state index in [1.54, 1.807) is 19.2 Å². The van der Waals surface area contributed by atoms with E-state index >= 15 is 0 Å². The van der Waals surface area contributed by atoms with Crippen LogP contribution in [0, 0.1) is 5.92 Å². The van der Waals surface area contributed by atoms with Crippen molar-refractivity contribution in [2.75, 3.05) is 7.11 Å². The van der Waals surface area contributed by atoms with Crippen LogP contribution in [0.3, 0.4) is 0 Å². The zero-order valence-electron chi connectivity index (χ0n) is 13.7. The topological polar surface area (TPSA) is 67.4 Å². The van der Waals surface area contributed by atoms with E-state index in [-0.39, 0.29) is 17.9 Å². The Labute approximate surface area is 141 Å². The molecule has 1 aliphatic heterocycles. The minimum atomic E-state index is -0.456. The highest BCUT2D eigenvalue weighted by molar-refractivity contribution is 6.30. The van der Waals surface area contributed by atoms with Crippen LogP contribution in [0.1, 0.15) is 44.7 Å². The van der Waals surface area contributed by atoms with Crippen LogP contribution in [0.2, 0.25) is 5.02 Å². The molecule has 1 aromatic rings. The number of halogens is 1. The summed E-state index contributed by atoms with van der Waals surface area (Å²) in [6, 6.07) is 4.71. The lowest BCUT2D eigenvalue weighted by molar-refractivity contribution is -0.126. The van der Waals surface area contributed by atoms with E-state index < -0.39 is 6.04 Å². The van der Waals surface area contributed by atoms with E-state index in [9.17, 15) is 9.59 Å². The first kappa shape index (κ1) is 17.6. The maximum absolute atomic E-state index is 12.4. The van der Waals surface area contributed by atoms with Crippen molar-refractivity contribution in [3.8, 4) is 5.75 Å². The largest absolute Gasteiger partial charge is 0.496 e. The van der Waals surface area contributed by atoms with Gasteiger partial charge in [0.2, 0.25) is 11.8 Å². The number of nitrogens with one attached hydrogen (secondary N) is 2. The molecule has 1 fully saturated rings. The molecule has 1 saturated heterocycles. The number of hydrogen-bond acceptors (Lipinski definition) is 3. The van der Waals surface area contributed by atoms with Crippen molar-refractivity contribution < 1.29 is 14.3 Å². The highest BCUT2D eigenvalue weighted by Crippen LogP contribution is 2.32. The van der Waals surface area contributed by atoms with Gasteiger partial charge in [-0.3, -0.25) is 9.59 Å². The first-order valence-corrected chi connectivity index (χ1v) is 8.21. The molecule has 6 heteroatoms. The number of hydrogen-bond donors (Lipinski definition) is 2. The molecule has 0 aliphatic carbocycles. The molecule has 0 bridgehead atoms. The Kier molecular flexibility index (Phi) is 5.88. The normalized spacial score (nSPS) is 18.7. The summed E-state index contributed by atoms with van der Waals surface area (Å²) in [6.07, 6.45) is 1.68. The summed E-state index contributed by atoms with van der Waals surface area (Å²) in [6.45, 7) is 4.18. The summed E-state index contributed by atoms with van der Waals surface area (Å²) >= 11 is 6.11. The van der Waals surface area contributed by atoms with Crippen LogP contribution in [0.4, 0.5) is 0 Å². The van der Waals surface area contributed by atoms with Gasteiger partial charge in [0, 0.05) is 17.0 Å². The standard InChI is InChI=1S/C17H23ClN2O3/c1-10(2)8-14(12-9-11(18)4-6-15(12)23-3)20-17(22)13-5-7-16(21)19-13/h4,6,9-10,13-14H,5,7-8H2,1-3H3,(H,19,21)(H,20,22)/t13-,14+/m0/s1. The van der Waals surface area contributed by atoms with Crippen LogP contribution in [0.25, 0.3) is 0 Å². The number of benzene rings is 1. The Hall–Kier alpha value is -1.75. The average Bonchev–Trinajstić information content (AvgIpc) is 2.92. The summed E-state index contributed by atoms with van der Waals surface area (Å²) in [5.41, 5.74) is 0.853. The quantitative estimate of drug-likeness (QED) is 0.838. The van der Waals surface area contributed by atoms with Crippen molar-refractivity contribution in [1.82, 2.24) is 10.6 Å². The molecule has 0 aromatic heterocycles. The molecule has 1 aromatic carbocycles. The van der Waals surface area contributed by atoms with Gasteiger partial charge in [-0.15, -0.1) is 0 Å². The number of carbonyl (C=O) groups excluding carboxylic acids is 2. The third-order valence-corrected chi connectivity index (χ3v) is 4.14. The molecule has 2 atom stereocenters. The predicted octanol–water partition coefficient (Wildman–Crippen LogP) is 2.83. The lowest BCUT2D eigenvalue weighted by Crippen LogP contribution is -2.43. The van der Waals surface area contributed by atoms with Gasteiger partial charge in [-0.2, -0.15) is 0 Å². The number of ether oxygens (including phenoxy) is 1.